The Kier molecular flexibility index (Phi) is 4.74. The maximum Gasteiger partial charge on any atom is 0.0433 e. The lowest BCUT2D eigenvalue weighted by Gasteiger charge is -2.33. The summed E-state index contributed by atoms with van der Waals surface area (Å²) in [5.74, 6) is 1.63. The number of hydrogen-bond donors (Lipinski definition) is 1. The Labute approximate surface area is 81.9 Å². The van der Waals surface area contributed by atoms with Crippen molar-refractivity contribution in [3.63, 3.8) is 0 Å². The van der Waals surface area contributed by atoms with E-state index in [-0.39, 0.29) is 0 Å². The van der Waals surface area contributed by atoms with E-state index in [0.717, 1.165) is 18.3 Å². The van der Waals surface area contributed by atoms with Crippen LogP contribution in [0.25, 0.3) is 0 Å². The third-order valence-electron chi connectivity index (χ3n) is 3.45. The lowest BCUT2D eigenvalue weighted by molar-refractivity contribution is 0.143. The first-order valence-corrected chi connectivity index (χ1v) is 5.57. The molecule has 0 radical (unpaired) electrons. The summed E-state index contributed by atoms with van der Waals surface area (Å²) in [4.78, 5) is 2.40. The highest BCUT2D eigenvalue weighted by Gasteiger charge is 2.23. The molecule has 0 aromatic heterocycles. The molecule has 1 rings (SSSR count). The van der Waals surface area contributed by atoms with Gasteiger partial charge in [-0.25, -0.2) is 0 Å². The van der Waals surface area contributed by atoms with E-state index in [4.69, 9.17) is 5.11 Å². The first-order valence-electron chi connectivity index (χ1n) is 5.57. The van der Waals surface area contributed by atoms with Crippen LogP contribution in [0.1, 0.15) is 32.6 Å². The van der Waals surface area contributed by atoms with Crippen LogP contribution in [-0.4, -0.2) is 36.8 Å². The van der Waals surface area contributed by atoms with Crippen LogP contribution in [0.4, 0.5) is 0 Å². The molecule has 1 saturated heterocycles. The standard InChI is InChI=1S/C11H23NO/c1-3-10(6-9-13)11-4-7-12(2)8-5-11/h10-11,13H,3-9H2,1-2H3. The lowest BCUT2D eigenvalue weighted by atomic mass is 9.81. The van der Waals surface area contributed by atoms with Crippen molar-refractivity contribution in [3.05, 3.63) is 0 Å². The number of aliphatic hydroxyl groups is 1. The van der Waals surface area contributed by atoms with Crippen molar-refractivity contribution < 1.29 is 5.11 Å². The Morgan fingerprint density at radius 3 is 2.46 bits per heavy atom. The number of nitrogens with zero attached hydrogens (tertiary/aromatic N) is 1. The summed E-state index contributed by atoms with van der Waals surface area (Å²) >= 11 is 0. The second-order valence-electron chi connectivity index (χ2n) is 4.32. The molecule has 0 aromatic carbocycles. The Morgan fingerprint density at radius 2 is 2.00 bits per heavy atom. The van der Waals surface area contributed by atoms with Gasteiger partial charge >= 0.3 is 0 Å². The van der Waals surface area contributed by atoms with E-state index >= 15 is 0 Å². The molecule has 0 amide bonds. The van der Waals surface area contributed by atoms with Crippen LogP contribution in [0.3, 0.4) is 0 Å². The van der Waals surface area contributed by atoms with E-state index in [1.54, 1.807) is 0 Å². The molecule has 1 aliphatic rings. The molecule has 0 aliphatic carbocycles. The molecule has 1 fully saturated rings. The van der Waals surface area contributed by atoms with Gasteiger partial charge in [-0.3, -0.25) is 0 Å². The van der Waals surface area contributed by atoms with Crippen molar-refractivity contribution in [2.24, 2.45) is 11.8 Å². The van der Waals surface area contributed by atoms with Crippen LogP contribution < -0.4 is 0 Å². The quantitative estimate of drug-likeness (QED) is 0.721. The highest BCUT2D eigenvalue weighted by atomic mass is 16.3. The third-order valence-corrected chi connectivity index (χ3v) is 3.45. The van der Waals surface area contributed by atoms with E-state index in [1.165, 1.54) is 32.4 Å². The number of hydrogen-bond acceptors (Lipinski definition) is 2. The molecule has 0 saturated carbocycles. The molecular weight excluding hydrogens is 162 g/mol. The molecule has 1 unspecified atom stereocenters. The van der Waals surface area contributed by atoms with E-state index < -0.39 is 0 Å². The Balaban J connectivity index is 2.32. The fraction of sp³-hybridized carbons (Fsp3) is 1.00. The number of piperidine rings is 1. The average Bonchev–Trinajstić information content (AvgIpc) is 2.16. The van der Waals surface area contributed by atoms with E-state index in [2.05, 4.69) is 18.9 Å². The van der Waals surface area contributed by atoms with Gasteiger partial charge in [-0.2, -0.15) is 0 Å². The Bertz CT molecular complexity index is 130. The van der Waals surface area contributed by atoms with Gasteiger partial charge in [-0.05, 0) is 51.2 Å². The number of likely N-dealkylation sites (tertiary alicyclic amines) is 1. The molecule has 0 bridgehead atoms. The minimum Gasteiger partial charge on any atom is -0.396 e. The van der Waals surface area contributed by atoms with Crippen LogP contribution in [0.5, 0.6) is 0 Å². The fourth-order valence-corrected chi connectivity index (χ4v) is 2.44. The summed E-state index contributed by atoms with van der Waals surface area (Å²) in [6, 6.07) is 0. The summed E-state index contributed by atoms with van der Waals surface area (Å²) in [7, 11) is 2.20. The normalized spacial score (nSPS) is 23.3. The van der Waals surface area contributed by atoms with Crippen molar-refractivity contribution in [2.75, 3.05) is 26.7 Å². The van der Waals surface area contributed by atoms with Gasteiger partial charge in [0.1, 0.15) is 0 Å². The molecule has 1 N–H and O–H groups in total. The summed E-state index contributed by atoms with van der Waals surface area (Å²) in [6.45, 7) is 5.10. The monoisotopic (exact) mass is 185 g/mol. The van der Waals surface area contributed by atoms with E-state index in [1.807, 2.05) is 0 Å². The second-order valence-corrected chi connectivity index (χ2v) is 4.32. The van der Waals surface area contributed by atoms with Crippen molar-refractivity contribution >= 4 is 0 Å². The summed E-state index contributed by atoms with van der Waals surface area (Å²) in [5.41, 5.74) is 0. The zero-order valence-electron chi connectivity index (χ0n) is 9.00. The summed E-state index contributed by atoms with van der Waals surface area (Å²) < 4.78 is 0. The first kappa shape index (κ1) is 11.0. The average molecular weight is 185 g/mol. The smallest absolute Gasteiger partial charge is 0.0433 e. The van der Waals surface area contributed by atoms with Gasteiger partial charge in [0.2, 0.25) is 0 Å². The van der Waals surface area contributed by atoms with Crippen LogP contribution in [-0.2, 0) is 0 Å². The van der Waals surface area contributed by atoms with E-state index in [9.17, 15) is 0 Å². The molecule has 0 spiro atoms. The predicted molar refractivity (Wildman–Crippen MR) is 55.7 cm³/mol. The first-order chi connectivity index (χ1) is 6.27. The van der Waals surface area contributed by atoms with Gasteiger partial charge < -0.3 is 10.0 Å². The van der Waals surface area contributed by atoms with Crippen molar-refractivity contribution in [1.82, 2.24) is 4.90 Å². The van der Waals surface area contributed by atoms with Gasteiger partial charge in [0.25, 0.3) is 0 Å². The molecule has 0 aromatic rings. The van der Waals surface area contributed by atoms with Crippen LogP contribution in [0.2, 0.25) is 0 Å². The minimum atomic E-state index is 0.366. The van der Waals surface area contributed by atoms with Crippen molar-refractivity contribution in [1.29, 1.82) is 0 Å². The largest absolute Gasteiger partial charge is 0.396 e. The minimum absolute atomic E-state index is 0.366. The van der Waals surface area contributed by atoms with Crippen molar-refractivity contribution in [3.8, 4) is 0 Å². The van der Waals surface area contributed by atoms with Gasteiger partial charge in [-0.15, -0.1) is 0 Å². The molecule has 2 nitrogen and oxygen atoms in total. The lowest BCUT2D eigenvalue weighted by Crippen LogP contribution is -2.33. The SMILES string of the molecule is CCC(CCO)C1CCN(C)CC1. The number of rotatable bonds is 4. The zero-order valence-corrected chi connectivity index (χ0v) is 9.00. The summed E-state index contributed by atoms with van der Waals surface area (Å²) in [5, 5.41) is 8.94. The number of aliphatic hydroxyl groups excluding tert-OH is 1. The van der Waals surface area contributed by atoms with Crippen LogP contribution in [0, 0.1) is 11.8 Å². The fourth-order valence-electron chi connectivity index (χ4n) is 2.44. The molecule has 78 valence electrons. The van der Waals surface area contributed by atoms with Crippen LogP contribution >= 0.6 is 0 Å². The molecule has 13 heavy (non-hydrogen) atoms. The molecule has 1 aliphatic heterocycles. The Morgan fingerprint density at radius 1 is 1.38 bits per heavy atom. The second kappa shape index (κ2) is 5.61. The van der Waals surface area contributed by atoms with Crippen molar-refractivity contribution in [2.45, 2.75) is 32.6 Å². The maximum atomic E-state index is 8.94. The highest BCUT2D eigenvalue weighted by molar-refractivity contribution is 4.75. The molecular formula is C11H23NO. The van der Waals surface area contributed by atoms with Gasteiger partial charge in [0.15, 0.2) is 0 Å². The Hall–Kier alpha value is -0.0800. The maximum absolute atomic E-state index is 8.94. The predicted octanol–water partition coefficient (Wildman–Crippen LogP) is 1.74. The molecule has 1 heterocycles. The highest BCUT2D eigenvalue weighted by Crippen LogP contribution is 2.28. The van der Waals surface area contributed by atoms with Gasteiger partial charge in [0.05, 0.1) is 0 Å². The topological polar surface area (TPSA) is 23.5 Å². The van der Waals surface area contributed by atoms with Gasteiger partial charge in [-0.1, -0.05) is 13.3 Å². The molecule has 2 heteroatoms. The summed E-state index contributed by atoms with van der Waals surface area (Å²) in [6.07, 6.45) is 4.89. The van der Waals surface area contributed by atoms with E-state index in [0.29, 0.717) is 6.61 Å². The molecule has 1 atom stereocenters. The van der Waals surface area contributed by atoms with Gasteiger partial charge in [0, 0.05) is 6.61 Å². The zero-order chi connectivity index (χ0) is 9.68. The van der Waals surface area contributed by atoms with Crippen LogP contribution in [0.15, 0.2) is 0 Å². The third kappa shape index (κ3) is 3.28.